The molecule has 2 aliphatic heterocycles. The molecule has 0 radical (unpaired) electrons. The molecule has 9 nitrogen and oxygen atoms in total. The van der Waals surface area contributed by atoms with E-state index in [4.69, 9.17) is 23.2 Å². The molecule has 2 fully saturated rings. The van der Waals surface area contributed by atoms with Crippen molar-refractivity contribution < 1.29 is 26.1 Å². The second-order valence-corrected chi connectivity index (χ2v) is 9.61. The Morgan fingerprint density at radius 1 is 0.786 bits per heavy atom. The topological polar surface area (TPSA) is 127 Å². The lowest BCUT2D eigenvalue weighted by atomic mass is 9.89. The second-order valence-electron chi connectivity index (χ2n) is 8.20. The first-order valence-electron chi connectivity index (χ1n) is 8.85. The van der Waals surface area contributed by atoms with Gasteiger partial charge < -0.3 is 0 Å². The maximum Gasteiger partial charge on any atom is 0.522 e. The number of hydrogen-bond acceptors (Lipinski definition) is 8. The highest BCUT2D eigenvalue weighted by Gasteiger charge is 2.47. The molecule has 2 heterocycles. The first-order valence-corrected chi connectivity index (χ1v) is 10.3. The van der Waals surface area contributed by atoms with E-state index in [-0.39, 0.29) is 22.4 Å². The summed E-state index contributed by atoms with van der Waals surface area (Å²) in [5.74, 6) is 0. The number of alkyl halides is 3. The van der Waals surface area contributed by atoms with Gasteiger partial charge in [0.15, 0.2) is 0 Å². The van der Waals surface area contributed by atoms with Gasteiger partial charge in [-0.3, -0.25) is 25.8 Å². The third-order valence-corrected chi connectivity index (χ3v) is 6.04. The van der Waals surface area contributed by atoms with Crippen molar-refractivity contribution in [2.75, 3.05) is 26.2 Å². The number of nitrogens with one attached hydrogen (secondary N) is 4. The van der Waals surface area contributed by atoms with Gasteiger partial charge >= 0.3 is 15.6 Å². The zero-order chi connectivity index (χ0) is 22.1. The predicted molar refractivity (Wildman–Crippen MR) is 99.4 cm³/mol. The molecule has 0 unspecified atom stereocenters. The summed E-state index contributed by atoms with van der Waals surface area (Å²) in [6, 6.07) is 0. The lowest BCUT2D eigenvalue weighted by Gasteiger charge is -2.41. The van der Waals surface area contributed by atoms with E-state index >= 15 is 0 Å². The first-order chi connectivity index (χ1) is 12.4. The number of nitrogens with zero attached hydrogens (tertiary/aromatic N) is 2. The Balaban J connectivity index is 0.000000416. The van der Waals surface area contributed by atoms with Crippen LogP contribution < -0.4 is 21.3 Å². The molecule has 28 heavy (non-hydrogen) atoms. The van der Waals surface area contributed by atoms with Crippen molar-refractivity contribution >= 4 is 10.1 Å². The summed E-state index contributed by atoms with van der Waals surface area (Å²) in [5, 5.41) is 23.4. The Hall–Kier alpha value is -0.860. The molecule has 0 bridgehead atoms. The van der Waals surface area contributed by atoms with Gasteiger partial charge in [-0.15, -0.1) is 0 Å². The minimum Gasteiger partial charge on any atom is -0.296 e. The highest BCUT2D eigenvalue weighted by atomic mass is 32.2. The molecule has 0 amide bonds. The summed E-state index contributed by atoms with van der Waals surface area (Å²) < 4.78 is 57.5. The minimum absolute atomic E-state index is 0.204. The van der Waals surface area contributed by atoms with Crippen LogP contribution in [0.25, 0.3) is 0 Å². The van der Waals surface area contributed by atoms with E-state index in [1.54, 1.807) is 0 Å². The van der Waals surface area contributed by atoms with Crippen LogP contribution >= 0.6 is 0 Å². The van der Waals surface area contributed by atoms with Gasteiger partial charge in [-0.2, -0.15) is 31.8 Å². The standard InChI is InChI=1S/C14H30N6.CHF3O3S/c1-11(2,13(5)15-7-8-16-13)19-20-12(3,4)14(6)17-9-10-18-14;2-1(3,4)8(5,6)7/h15-18H,7-10H2,1-6H3;(H,5,6,7). The number of rotatable bonds is 4. The van der Waals surface area contributed by atoms with Gasteiger partial charge in [-0.05, 0) is 41.5 Å². The van der Waals surface area contributed by atoms with Gasteiger partial charge in [0.1, 0.15) is 11.1 Å². The van der Waals surface area contributed by atoms with Crippen molar-refractivity contribution in [3.05, 3.63) is 0 Å². The van der Waals surface area contributed by atoms with Crippen molar-refractivity contribution in [2.45, 2.75) is 69.5 Å². The molecular formula is C15H31F3N6O3S. The molecule has 0 spiro atoms. The quantitative estimate of drug-likeness (QED) is 0.257. The third-order valence-electron chi connectivity index (χ3n) is 5.45. The maximum absolute atomic E-state index is 10.7. The van der Waals surface area contributed by atoms with E-state index < -0.39 is 15.6 Å². The van der Waals surface area contributed by atoms with Crippen LogP contribution in [-0.4, -0.2) is 67.1 Å². The highest BCUT2D eigenvalue weighted by Crippen LogP contribution is 2.31. The molecule has 0 atom stereocenters. The summed E-state index contributed by atoms with van der Waals surface area (Å²) in [7, 11) is -5.84. The van der Waals surface area contributed by atoms with Crippen LogP contribution in [0.2, 0.25) is 0 Å². The fraction of sp³-hybridized carbons (Fsp3) is 1.00. The van der Waals surface area contributed by atoms with Gasteiger partial charge in [-0.1, -0.05) is 0 Å². The third kappa shape index (κ3) is 5.60. The van der Waals surface area contributed by atoms with Crippen LogP contribution in [0.4, 0.5) is 13.2 Å². The molecule has 13 heteroatoms. The Kier molecular flexibility index (Phi) is 7.29. The van der Waals surface area contributed by atoms with E-state index in [2.05, 4.69) is 62.8 Å². The first kappa shape index (κ1) is 25.2. The smallest absolute Gasteiger partial charge is 0.296 e. The molecule has 2 saturated heterocycles. The fourth-order valence-corrected chi connectivity index (χ4v) is 2.69. The lowest BCUT2D eigenvalue weighted by molar-refractivity contribution is -0.0510. The van der Waals surface area contributed by atoms with Gasteiger partial charge in [0.05, 0.1) is 11.3 Å². The molecule has 2 aliphatic rings. The average Bonchev–Trinajstić information content (AvgIpc) is 3.15. The molecule has 5 N–H and O–H groups in total. The SMILES string of the molecule is CC(C)(N=NC(C)(C)C1(C)NCCN1)C1(C)NCCN1.O=S(=O)(O)C(F)(F)F. The van der Waals surface area contributed by atoms with E-state index in [1.807, 2.05) is 0 Å². The van der Waals surface area contributed by atoms with Gasteiger partial charge in [0, 0.05) is 26.2 Å². The Labute approximate surface area is 164 Å². The van der Waals surface area contributed by atoms with Crippen molar-refractivity contribution in [3.63, 3.8) is 0 Å². The van der Waals surface area contributed by atoms with Gasteiger partial charge in [0.2, 0.25) is 0 Å². The minimum atomic E-state index is -5.84. The van der Waals surface area contributed by atoms with Gasteiger partial charge in [0.25, 0.3) is 0 Å². The zero-order valence-electron chi connectivity index (χ0n) is 17.0. The summed E-state index contributed by atoms with van der Waals surface area (Å²) in [5.41, 5.74) is -6.56. The molecule has 0 saturated carbocycles. The molecular weight excluding hydrogens is 401 g/mol. The van der Waals surface area contributed by atoms with Crippen molar-refractivity contribution in [2.24, 2.45) is 10.2 Å². The maximum atomic E-state index is 10.7. The zero-order valence-corrected chi connectivity index (χ0v) is 17.8. The molecule has 0 aliphatic carbocycles. The summed E-state index contributed by atoms with van der Waals surface area (Å²) in [6.45, 7) is 16.7. The number of azo groups is 1. The molecule has 0 aromatic carbocycles. The normalized spacial score (nSPS) is 22.9. The van der Waals surface area contributed by atoms with Crippen LogP contribution in [0.3, 0.4) is 0 Å². The largest absolute Gasteiger partial charge is 0.522 e. The van der Waals surface area contributed by atoms with Crippen molar-refractivity contribution in [3.8, 4) is 0 Å². The average molecular weight is 433 g/mol. The van der Waals surface area contributed by atoms with E-state index in [0.29, 0.717) is 0 Å². The highest BCUT2D eigenvalue weighted by molar-refractivity contribution is 7.86. The lowest BCUT2D eigenvalue weighted by Crippen LogP contribution is -2.62. The van der Waals surface area contributed by atoms with Crippen LogP contribution in [-0.2, 0) is 10.1 Å². The summed E-state index contributed by atoms with van der Waals surface area (Å²) in [4.78, 5) is 0. The Bertz CT molecular complexity index is 631. The summed E-state index contributed by atoms with van der Waals surface area (Å²) >= 11 is 0. The van der Waals surface area contributed by atoms with Crippen molar-refractivity contribution in [1.82, 2.24) is 21.3 Å². The van der Waals surface area contributed by atoms with Gasteiger partial charge in [-0.25, -0.2) is 0 Å². The summed E-state index contributed by atoms with van der Waals surface area (Å²) in [6.07, 6.45) is 0. The Morgan fingerprint density at radius 2 is 1.00 bits per heavy atom. The number of hydrogen-bond donors (Lipinski definition) is 5. The predicted octanol–water partition coefficient (Wildman–Crippen LogP) is 1.21. The molecule has 0 aromatic heterocycles. The van der Waals surface area contributed by atoms with E-state index in [9.17, 15) is 13.2 Å². The Morgan fingerprint density at radius 3 is 1.18 bits per heavy atom. The molecule has 2 rings (SSSR count). The fourth-order valence-electron chi connectivity index (χ4n) is 2.69. The molecule has 0 aromatic rings. The molecule has 166 valence electrons. The van der Waals surface area contributed by atoms with E-state index in [1.165, 1.54) is 0 Å². The number of halogens is 3. The van der Waals surface area contributed by atoms with Crippen LogP contribution in [0, 0.1) is 0 Å². The van der Waals surface area contributed by atoms with Crippen LogP contribution in [0.5, 0.6) is 0 Å². The van der Waals surface area contributed by atoms with Crippen LogP contribution in [0.15, 0.2) is 10.2 Å². The second kappa shape index (κ2) is 8.11. The monoisotopic (exact) mass is 432 g/mol. The van der Waals surface area contributed by atoms with E-state index in [0.717, 1.165) is 26.2 Å². The van der Waals surface area contributed by atoms with Crippen LogP contribution in [0.1, 0.15) is 41.5 Å². The van der Waals surface area contributed by atoms with Crippen molar-refractivity contribution in [1.29, 1.82) is 0 Å².